The van der Waals surface area contributed by atoms with Crippen molar-refractivity contribution in [2.45, 2.75) is 32.6 Å². The van der Waals surface area contributed by atoms with Gasteiger partial charge in [0.25, 0.3) is 10.2 Å². The van der Waals surface area contributed by atoms with E-state index in [2.05, 4.69) is 5.32 Å². The fourth-order valence-electron chi connectivity index (χ4n) is 2.82. The summed E-state index contributed by atoms with van der Waals surface area (Å²) in [6, 6.07) is 0. The van der Waals surface area contributed by atoms with Gasteiger partial charge < -0.3 is 5.32 Å². The first-order valence-corrected chi connectivity index (χ1v) is 8.50. The maximum Gasteiger partial charge on any atom is 0.282 e. The van der Waals surface area contributed by atoms with Crippen molar-refractivity contribution in [2.24, 2.45) is 5.92 Å². The summed E-state index contributed by atoms with van der Waals surface area (Å²) in [5.41, 5.74) is 0. The Hall–Kier alpha value is -0.170. The Morgan fingerprint density at radius 3 is 2.56 bits per heavy atom. The molecule has 18 heavy (non-hydrogen) atoms. The molecule has 1 N–H and O–H groups in total. The predicted octanol–water partition coefficient (Wildman–Crippen LogP) is 0.649. The van der Waals surface area contributed by atoms with Crippen LogP contribution in [0, 0.1) is 5.92 Å². The van der Waals surface area contributed by atoms with Gasteiger partial charge in [0.05, 0.1) is 0 Å². The van der Waals surface area contributed by atoms with Crippen molar-refractivity contribution in [2.75, 3.05) is 39.3 Å². The van der Waals surface area contributed by atoms with E-state index in [1.54, 1.807) is 8.61 Å². The van der Waals surface area contributed by atoms with Gasteiger partial charge >= 0.3 is 0 Å². The Morgan fingerprint density at radius 2 is 1.94 bits per heavy atom. The van der Waals surface area contributed by atoms with Gasteiger partial charge in [-0.1, -0.05) is 6.92 Å². The van der Waals surface area contributed by atoms with E-state index in [4.69, 9.17) is 0 Å². The van der Waals surface area contributed by atoms with E-state index in [9.17, 15) is 8.42 Å². The van der Waals surface area contributed by atoms with Gasteiger partial charge in [0.15, 0.2) is 0 Å². The number of hydrogen-bond acceptors (Lipinski definition) is 3. The first kappa shape index (κ1) is 14.2. The lowest BCUT2D eigenvalue weighted by Crippen LogP contribution is -2.36. The highest BCUT2D eigenvalue weighted by Gasteiger charge is 2.35. The summed E-state index contributed by atoms with van der Waals surface area (Å²) < 4.78 is 27.7. The lowest BCUT2D eigenvalue weighted by molar-refractivity contribution is 0.323. The zero-order valence-electron chi connectivity index (χ0n) is 11.3. The normalized spacial score (nSPS) is 29.7. The minimum atomic E-state index is -3.14. The largest absolute Gasteiger partial charge is 0.316 e. The number of nitrogens with one attached hydrogen (secondary N) is 1. The minimum Gasteiger partial charge on any atom is -0.316 e. The van der Waals surface area contributed by atoms with Crippen molar-refractivity contribution < 1.29 is 8.42 Å². The molecule has 0 aromatic carbocycles. The first-order valence-electron chi connectivity index (χ1n) is 7.10. The fourth-order valence-corrected chi connectivity index (χ4v) is 4.52. The van der Waals surface area contributed by atoms with E-state index in [1.807, 2.05) is 6.92 Å². The molecule has 0 radical (unpaired) electrons. The lowest BCUT2D eigenvalue weighted by atomic mass is 9.96. The van der Waals surface area contributed by atoms with Crippen molar-refractivity contribution in [1.29, 1.82) is 0 Å². The Bertz CT molecular complexity index is 352. The molecule has 2 fully saturated rings. The zero-order chi connectivity index (χ0) is 13.0. The topological polar surface area (TPSA) is 52.6 Å². The molecular weight excluding hydrogens is 250 g/mol. The monoisotopic (exact) mass is 275 g/mol. The van der Waals surface area contributed by atoms with Crippen LogP contribution in [0.15, 0.2) is 0 Å². The minimum absolute atomic E-state index is 0.647. The third-order valence-corrected chi connectivity index (χ3v) is 5.95. The van der Waals surface area contributed by atoms with Gasteiger partial charge in [-0.15, -0.1) is 0 Å². The molecule has 1 atom stereocenters. The quantitative estimate of drug-likeness (QED) is 0.801. The Kier molecular flexibility index (Phi) is 5.00. The highest BCUT2D eigenvalue weighted by Crippen LogP contribution is 2.20. The number of nitrogens with zero attached hydrogens (tertiary/aromatic N) is 2. The van der Waals surface area contributed by atoms with E-state index in [0.717, 1.165) is 25.9 Å². The molecule has 106 valence electrons. The maximum atomic E-state index is 12.2. The first-order chi connectivity index (χ1) is 8.64. The smallest absolute Gasteiger partial charge is 0.282 e. The van der Waals surface area contributed by atoms with Crippen LogP contribution in [0.4, 0.5) is 0 Å². The van der Waals surface area contributed by atoms with Gasteiger partial charge in [-0.2, -0.15) is 17.0 Å². The molecule has 5 nitrogen and oxygen atoms in total. The van der Waals surface area contributed by atoms with Crippen LogP contribution in [-0.2, 0) is 10.2 Å². The SMILES string of the molecule is CCCN1CCN(CCC2CCCNC2)S1(=O)=O. The molecule has 0 aliphatic carbocycles. The molecule has 2 aliphatic rings. The van der Waals surface area contributed by atoms with E-state index in [0.29, 0.717) is 32.1 Å². The highest BCUT2D eigenvalue weighted by molar-refractivity contribution is 7.87. The number of hydrogen-bond donors (Lipinski definition) is 1. The molecule has 2 saturated heterocycles. The van der Waals surface area contributed by atoms with Crippen LogP contribution >= 0.6 is 0 Å². The molecular formula is C12H25N3O2S. The lowest BCUT2D eigenvalue weighted by Gasteiger charge is -2.25. The second kappa shape index (κ2) is 6.32. The maximum absolute atomic E-state index is 12.2. The summed E-state index contributed by atoms with van der Waals surface area (Å²) >= 11 is 0. The van der Waals surface area contributed by atoms with Crippen molar-refractivity contribution in [1.82, 2.24) is 13.9 Å². The zero-order valence-corrected chi connectivity index (χ0v) is 12.1. The van der Waals surface area contributed by atoms with Gasteiger partial charge in [-0.05, 0) is 44.7 Å². The van der Waals surface area contributed by atoms with Crippen molar-refractivity contribution in [3.63, 3.8) is 0 Å². The van der Waals surface area contributed by atoms with Crippen LogP contribution in [0.2, 0.25) is 0 Å². The second-order valence-corrected chi connectivity index (χ2v) is 7.24. The van der Waals surface area contributed by atoms with Gasteiger partial charge in [0.1, 0.15) is 0 Å². The molecule has 0 saturated carbocycles. The summed E-state index contributed by atoms with van der Waals surface area (Å²) in [7, 11) is -3.14. The van der Waals surface area contributed by atoms with Crippen LogP contribution in [0.5, 0.6) is 0 Å². The van der Waals surface area contributed by atoms with E-state index < -0.39 is 10.2 Å². The molecule has 0 aromatic rings. The number of rotatable bonds is 5. The standard InChI is InChI=1S/C12H25N3O2S/c1-2-7-14-9-10-15(18(14,16)17)8-5-12-4-3-6-13-11-12/h12-13H,2-11H2,1H3. The molecule has 0 bridgehead atoms. The Balaban J connectivity index is 1.82. The molecule has 0 spiro atoms. The third-order valence-electron chi connectivity index (χ3n) is 3.91. The number of piperidine rings is 1. The van der Waals surface area contributed by atoms with Gasteiger partial charge in [-0.25, -0.2) is 0 Å². The predicted molar refractivity (Wildman–Crippen MR) is 72.6 cm³/mol. The third kappa shape index (κ3) is 3.23. The molecule has 1 unspecified atom stereocenters. The summed E-state index contributed by atoms with van der Waals surface area (Å²) in [5, 5.41) is 3.38. The van der Waals surface area contributed by atoms with Gasteiger partial charge in [-0.3, -0.25) is 0 Å². The molecule has 0 amide bonds. The molecule has 0 aromatic heterocycles. The van der Waals surface area contributed by atoms with Gasteiger partial charge in [0, 0.05) is 26.2 Å². The molecule has 6 heteroatoms. The van der Waals surface area contributed by atoms with E-state index in [-0.39, 0.29) is 0 Å². The summed E-state index contributed by atoms with van der Waals surface area (Å²) in [4.78, 5) is 0. The second-order valence-electron chi connectivity index (χ2n) is 5.31. The van der Waals surface area contributed by atoms with Crippen molar-refractivity contribution >= 4 is 10.2 Å². The van der Waals surface area contributed by atoms with Crippen molar-refractivity contribution in [3.8, 4) is 0 Å². The Morgan fingerprint density at radius 1 is 1.22 bits per heavy atom. The fraction of sp³-hybridized carbons (Fsp3) is 1.00. The summed E-state index contributed by atoms with van der Waals surface area (Å²) in [5.74, 6) is 0.647. The van der Waals surface area contributed by atoms with Crippen LogP contribution in [-0.4, -0.2) is 56.3 Å². The van der Waals surface area contributed by atoms with E-state index in [1.165, 1.54) is 12.8 Å². The van der Waals surface area contributed by atoms with E-state index >= 15 is 0 Å². The average Bonchev–Trinajstić information content (AvgIpc) is 2.64. The summed E-state index contributed by atoms with van der Waals surface area (Å²) in [6.07, 6.45) is 4.34. The molecule has 2 heterocycles. The van der Waals surface area contributed by atoms with Crippen molar-refractivity contribution in [3.05, 3.63) is 0 Å². The van der Waals surface area contributed by atoms with Crippen LogP contribution < -0.4 is 5.32 Å². The van der Waals surface area contributed by atoms with Crippen LogP contribution in [0.25, 0.3) is 0 Å². The van der Waals surface area contributed by atoms with Gasteiger partial charge in [0.2, 0.25) is 0 Å². The molecule has 2 rings (SSSR count). The van der Waals surface area contributed by atoms with Crippen LogP contribution in [0.1, 0.15) is 32.6 Å². The molecule has 2 aliphatic heterocycles. The summed E-state index contributed by atoms with van der Waals surface area (Å²) in [6.45, 7) is 6.86. The Labute approximate surface area is 111 Å². The van der Waals surface area contributed by atoms with Crippen LogP contribution in [0.3, 0.4) is 0 Å². The highest BCUT2D eigenvalue weighted by atomic mass is 32.2. The average molecular weight is 275 g/mol.